The number of non-ortho nitro benzene ring substituents is 1. The monoisotopic (exact) mass is 418 g/mol. The average molecular weight is 418 g/mol. The summed E-state index contributed by atoms with van der Waals surface area (Å²) in [7, 11) is 4.38. The minimum atomic E-state index is -1.11. The van der Waals surface area contributed by atoms with Crippen molar-refractivity contribution in [1.82, 2.24) is 0 Å². The van der Waals surface area contributed by atoms with Crippen LogP contribution in [0.5, 0.6) is 17.2 Å². The molecule has 10 heteroatoms. The van der Waals surface area contributed by atoms with E-state index in [1.807, 2.05) is 0 Å². The highest BCUT2D eigenvalue weighted by Crippen LogP contribution is 2.38. The first-order valence-electron chi connectivity index (χ1n) is 8.82. The molecule has 0 unspecified atom stereocenters. The van der Waals surface area contributed by atoms with Crippen molar-refractivity contribution in [3.8, 4) is 17.2 Å². The number of nitro benzene ring substituents is 1. The van der Waals surface area contributed by atoms with Gasteiger partial charge in [0.2, 0.25) is 5.75 Å². The number of anilines is 1. The molecular formula is C20H22N2O8. The minimum Gasteiger partial charge on any atom is -0.493 e. The van der Waals surface area contributed by atoms with Crippen molar-refractivity contribution in [3.05, 3.63) is 52.1 Å². The number of hydrogen-bond donors (Lipinski definition) is 1. The number of nitro groups is 1. The van der Waals surface area contributed by atoms with Crippen LogP contribution in [-0.2, 0) is 20.7 Å². The molecule has 160 valence electrons. The zero-order valence-corrected chi connectivity index (χ0v) is 17.0. The highest BCUT2D eigenvalue weighted by atomic mass is 16.6. The van der Waals surface area contributed by atoms with Crippen LogP contribution in [0.4, 0.5) is 11.4 Å². The molecule has 10 nitrogen and oxygen atoms in total. The molecule has 1 N–H and O–H groups in total. The van der Waals surface area contributed by atoms with E-state index < -0.39 is 22.9 Å². The van der Waals surface area contributed by atoms with Crippen LogP contribution in [0.15, 0.2) is 36.4 Å². The molecule has 1 atom stereocenters. The molecule has 2 aromatic rings. The Hall–Kier alpha value is -3.82. The topological polar surface area (TPSA) is 126 Å². The van der Waals surface area contributed by atoms with Crippen molar-refractivity contribution in [1.29, 1.82) is 0 Å². The van der Waals surface area contributed by atoms with Crippen LogP contribution in [0.25, 0.3) is 0 Å². The Morgan fingerprint density at radius 3 is 2.23 bits per heavy atom. The first kappa shape index (κ1) is 22.5. The maximum Gasteiger partial charge on any atom is 0.311 e. The van der Waals surface area contributed by atoms with Crippen molar-refractivity contribution < 1.29 is 33.5 Å². The molecule has 0 aliphatic carbocycles. The fourth-order valence-corrected chi connectivity index (χ4v) is 2.64. The van der Waals surface area contributed by atoms with E-state index >= 15 is 0 Å². The first-order chi connectivity index (χ1) is 14.3. The van der Waals surface area contributed by atoms with Gasteiger partial charge in [-0.25, -0.2) is 0 Å². The summed E-state index contributed by atoms with van der Waals surface area (Å²) in [6.07, 6.45) is -1.25. The number of carbonyl (C=O) groups excluding carboxylic acids is 2. The van der Waals surface area contributed by atoms with E-state index in [2.05, 4.69) is 5.32 Å². The summed E-state index contributed by atoms with van der Waals surface area (Å²) in [6, 6.07) is 8.66. The quantitative estimate of drug-likeness (QED) is 0.374. The summed E-state index contributed by atoms with van der Waals surface area (Å²) < 4.78 is 20.9. The van der Waals surface area contributed by atoms with Crippen LogP contribution in [-0.4, -0.2) is 44.2 Å². The third-order valence-electron chi connectivity index (χ3n) is 4.07. The SMILES string of the molecule is COc1cc(CC(=O)O[C@@H](C)C(=O)Nc2cccc([N+](=O)[O-])c2)cc(OC)c1OC. The predicted molar refractivity (Wildman–Crippen MR) is 107 cm³/mol. The summed E-state index contributed by atoms with van der Waals surface area (Å²) in [5.41, 5.74) is 0.599. The van der Waals surface area contributed by atoms with Gasteiger partial charge in [-0.1, -0.05) is 6.07 Å². The standard InChI is InChI=1S/C20H22N2O8/c1-12(20(24)21-14-6-5-7-15(11-14)22(25)26)30-18(23)10-13-8-16(27-2)19(29-4)17(9-13)28-3/h5-9,11-12H,10H2,1-4H3,(H,21,24)/t12-/m0/s1. The molecule has 0 aliphatic rings. The van der Waals surface area contributed by atoms with Crippen LogP contribution in [0, 0.1) is 10.1 Å². The van der Waals surface area contributed by atoms with Gasteiger partial charge in [0.1, 0.15) is 0 Å². The molecule has 0 aromatic heterocycles. The average Bonchev–Trinajstić information content (AvgIpc) is 2.72. The fourth-order valence-electron chi connectivity index (χ4n) is 2.64. The van der Waals surface area contributed by atoms with Crippen molar-refractivity contribution in [2.45, 2.75) is 19.4 Å². The van der Waals surface area contributed by atoms with Gasteiger partial charge in [-0.3, -0.25) is 19.7 Å². The summed E-state index contributed by atoms with van der Waals surface area (Å²) in [5, 5.41) is 13.3. The number of nitrogens with one attached hydrogen (secondary N) is 1. The lowest BCUT2D eigenvalue weighted by Crippen LogP contribution is -2.30. The highest BCUT2D eigenvalue weighted by molar-refractivity contribution is 5.95. The van der Waals surface area contributed by atoms with Crippen molar-refractivity contribution in [3.63, 3.8) is 0 Å². The maximum absolute atomic E-state index is 12.3. The van der Waals surface area contributed by atoms with E-state index in [1.54, 1.807) is 12.1 Å². The second kappa shape index (κ2) is 10.1. The Balaban J connectivity index is 2.03. The van der Waals surface area contributed by atoms with Gasteiger partial charge < -0.3 is 24.3 Å². The molecule has 0 saturated heterocycles. The van der Waals surface area contributed by atoms with Gasteiger partial charge in [0.25, 0.3) is 11.6 Å². The Morgan fingerprint density at radius 1 is 1.07 bits per heavy atom. The highest BCUT2D eigenvalue weighted by Gasteiger charge is 2.20. The van der Waals surface area contributed by atoms with Crippen LogP contribution in [0.3, 0.4) is 0 Å². The number of esters is 1. The van der Waals surface area contributed by atoms with Crippen LogP contribution in [0.2, 0.25) is 0 Å². The number of nitrogens with zero attached hydrogens (tertiary/aromatic N) is 1. The predicted octanol–water partition coefficient (Wildman–Crippen LogP) is 2.73. The number of ether oxygens (including phenoxy) is 4. The zero-order valence-electron chi connectivity index (χ0n) is 17.0. The zero-order chi connectivity index (χ0) is 22.3. The van der Waals surface area contributed by atoms with Crippen molar-refractivity contribution in [2.24, 2.45) is 0 Å². The lowest BCUT2D eigenvalue weighted by Gasteiger charge is -2.15. The largest absolute Gasteiger partial charge is 0.493 e. The van der Waals surface area contributed by atoms with Crippen LogP contribution < -0.4 is 19.5 Å². The van der Waals surface area contributed by atoms with E-state index in [4.69, 9.17) is 18.9 Å². The normalized spacial score (nSPS) is 11.2. The molecular weight excluding hydrogens is 396 g/mol. The molecule has 30 heavy (non-hydrogen) atoms. The number of methoxy groups -OCH3 is 3. The number of benzene rings is 2. The van der Waals surface area contributed by atoms with E-state index in [0.29, 0.717) is 22.8 Å². The Morgan fingerprint density at radius 2 is 1.70 bits per heavy atom. The maximum atomic E-state index is 12.3. The Kier molecular flexibility index (Phi) is 7.56. The van der Waals surface area contributed by atoms with Gasteiger partial charge in [-0.2, -0.15) is 0 Å². The molecule has 0 bridgehead atoms. The molecule has 0 spiro atoms. The minimum absolute atomic E-state index is 0.134. The van der Waals surface area contributed by atoms with E-state index in [9.17, 15) is 19.7 Å². The second-order valence-corrected chi connectivity index (χ2v) is 6.14. The Bertz CT molecular complexity index is 919. The summed E-state index contributed by atoms with van der Waals surface area (Å²) in [5.74, 6) is -0.103. The van der Waals surface area contributed by atoms with Crippen molar-refractivity contribution in [2.75, 3.05) is 26.6 Å². The summed E-state index contributed by atoms with van der Waals surface area (Å²) in [6.45, 7) is 1.40. The molecule has 1 amide bonds. The number of hydrogen-bond acceptors (Lipinski definition) is 8. The molecule has 0 aliphatic heterocycles. The molecule has 0 saturated carbocycles. The molecule has 2 rings (SSSR count). The summed E-state index contributed by atoms with van der Waals surface area (Å²) >= 11 is 0. The molecule has 0 heterocycles. The van der Waals surface area contributed by atoms with Crippen molar-refractivity contribution >= 4 is 23.3 Å². The Labute approximate surface area is 172 Å². The first-order valence-corrected chi connectivity index (χ1v) is 8.82. The lowest BCUT2D eigenvalue weighted by atomic mass is 10.1. The fraction of sp³-hybridized carbons (Fsp3) is 0.300. The second-order valence-electron chi connectivity index (χ2n) is 6.14. The van der Waals surface area contributed by atoms with Gasteiger partial charge in [0.05, 0.1) is 32.7 Å². The van der Waals surface area contributed by atoms with Crippen LogP contribution >= 0.6 is 0 Å². The summed E-state index contributed by atoms with van der Waals surface area (Å²) in [4.78, 5) is 34.8. The van der Waals surface area contributed by atoms with Gasteiger partial charge in [0.15, 0.2) is 17.6 Å². The smallest absolute Gasteiger partial charge is 0.311 e. The van der Waals surface area contributed by atoms with Gasteiger partial charge >= 0.3 is 5.97 Å². The van der Waals surface area contributed by atoms with E-state index in [-0.39, 0.29) is 17.8 Å². The lowest BCUT2D eigenvalue weighted by molar-refractivity contribution is -0.384. The van der Waals surface area contributed by atoms with Crippen LogP contribution in [0.1, 0.15) is 12.5 Å². The third kappa shape index (κ3) is 5.60. The van der Waals surface area contributed by atoms with Gasteiger partial charge in [-0.05, 0) is 30.7 Å². The van der Waals surface area contributed by atoms with Gasteiger partial charge in [-0.15, -0.1) is 0 Å². The molecule has 0 fully saturated rings. The van der Waals surface area contributed by atoms with E-state index in [0.717, 1.165) is 0 Å². The number of carbonyl (C=O) groups is 2. The number of rotatable bonds is 9. The number of amides is 1. The van der Waals surface area contributed by atoms with E-state index in [1.165, 1.54) is 52.5 Å². The molecule has 0 radical (unpaired) electrons. The molecule has 2 aromatic carbocycles. The third-order valence-corrected chi connectivity index (χ3v) is 4.07. The van der Waals surface area contributed by atoms with Gasteiger partial charge in [0, 0.05) is 17.8 Å².